The van der Waals surface area contributed by atoms with Gasteiger partial charge in [0.1, 0.15) is 11.9 Å². The van der Waals surface area contributed by atoms with Crippen LogP contribution in [0.1, 0.15) is 18.4 Å². The van der Waals surface area contributed by atoms with E-state index in [1.54, 1.807) is 7.11 Å². The molecule has 2 saturated heterocycles. The lowest BCUT2D eigenvalue weighted by Crippen LogP contribution is -2.53. The molecule has 0 radical (unpaired) electrons. The number of guanidine groups is 1. The van der Waals surface area contributed by atoms with Gasteiger partial charge in [-0.1, -0.05) is 12.1 Å². The fourth-order valence-corrected chi connectivity index (χ4v) is 3.28. The second kappa shape index (κ2) is 8.35. The summed E-state index contributed by atoms with van der Waals surface area (Å²) >= 11 is 0. The maximum atomic E-state index is 5.91. The van der Waals surface area contributed by atoms with Crippen LogP contribution in [0.5, 0.6) is 5.75 Å². The Balaban J connectivity index is 1.57. The Bertz CT molecular complexity index is 558. The molecule has 0 aliphatic carbocycles. The highest BCUT2D eigenvalue weighted by molar-refractivity contribution is 5.80. The number of benzene rings is 1. The Labute approximate surface area is 143 Å². The zero-order chi connectivity index (χ0) is 16.8. The highest BCUT2D eigenvalue weighted by Crippen LogP contribution is 2.21. The molecular weight excluding hydrogens is 306 g/mol. The van der Waals surface area contributed by atoms with Crippen molar-refractivity contribution in [3.8, 4) is 5.75 Å². The van der Waals surface area contributed by atoms with E-state index in [9.17, 15) is 0 Å². The molecule has 24 heavy (non-hydrogen) atoms. The van der Waals surface area contributed by atoms with Gasteiger partial charge < -0.3 is 24.4 Å². The highest BCUT2D eigenvalue weighted by atomic mass is 16.5. The van der Waals surface area contributed by atoms with Crippen LogP contribution in [0.15, 0.2) is 29.3 Å². The van der Waals surface area contributed by atoms with E-state index >= 15 is 0 Å². The molecule has 1 aromatic rings. The number of ether oxygens (including phenoxy) is 3. The van der Waals surface area contributed by atoms with Crippen molar-refractivity contribution in [2.24, 2.45) is 4.99 Å². The molecule has 0 bridgehead atoms. The fraction of sp³-hybridized carbons (Fsp3) is 0.611. The predicted octanol–water partition coefficient (Wildman–Crippen LogP) is 1.65. The van der Waals surface area contributed by atoms with Gasteiger partial charge in [0.05, 0.1) is 19.8 Å². The van der Waals surface area contributed by atoms with Crippen molar-refractivity contribution >= 4 is 5.96 Å². The van der Waals surface area contributed by atoms with Gasteiger partial charge in [0.15, 0.2) is 5.96 Å². The molecule has 3 rings (SSSR count). The third-order valence-corrected chi connectivity index (χ3v) is 4.57. The van der Waals surface area contributed by atoms with Crippen LogP contribution in [-0.4, -0.2) is 63.5 Å². The van der Waals surface area contributed by atoms with E-state index in [4.69, 9.17) is 14.2 Å². The summed E-state index contributed by atoms with van der Waals surface area (Å²) in [5, 5.41) is 3.44. The van der Waals surface area contributed by atoms with Crippen molar-refractivity contribution < 1.29 is 14.2 Å². The third kappa shape index (κ3) is 4.19. The van der Waals surface area contributed by atoms with Crippen LogP contribution in [0.2, 0.25) is 0 Å². The number of hydrogen-bond donors (Lipinski definition) is 1. The van der Waals surface area contributed by atoms with Gasteiger partial charge in [-0.15, -0.1) is 0 Å². The largest absolute Gasteiger partial charge is 0.497 e. The minimum atomic E-state index is 0.136. The Morgan fingerprint density at radius 1 is 1.33 bits per heavy atom. The average molecular weight is 333 g/mol. The molecule has 2 aliphatic rings. The predicted molar refractivity (Wildman–Crippen MR) is 93.5 cm³/mol. The number of hydrogen-bond acceptors (Lipinski definition) is 4. The topological polar surface area (TPSA) is 55.3 Å². The van der Waals surface area contributed by atoms with Crippen molar-refractivity contribution in [1.29, 1.82) is 0 Å². The molecule has 2 fully saturated rings. The summed E-state index contributed by atoms with van der Waals surface area (Å²) < 4.78 is 17.0. The van der Waals surface area contributed by atoms with Gasteiger partial charge in [-0.05, 0) is 30.5 Å². The maximum absolute atomic E-state index is 5.91. The zero-order valence-electron chi connectivity index (χ0n) is 14.5. The van der Waals surface area contributed by atoms with Crippen LogP contribution in [-0.2, 0) is 16.0 Å². The summed E-state index contributed by atoms with van der Waals surface area (Å²) in [6.45, 7) is 3.95. The lowest BCUT2D eigenvalue weighted by molar-refractivity contribution is -0.0817. The minimum absolute atomic E-state index is 0.136. The van der Waals surface area contributed by atoms with Gasteiger partial charge in [-0.3, -0.25) is 4.99 Å². The normalized spacial score (nSPS) is 24.9. The summed E-state index contributed by atoms with van der Waals surface area (Å²) in [6.07, 6.45) is 2.59. The molecule has 6 nitrogen and oxygen atoms in total. The van der Waals surface area contributed by atoms with Crippen LogP contribution < -0.4 is 10.1 Å². The molecule has 132 valence electrons. The molecule has 1 N–H and O–H groups in total. The van der Waals surface area contributed by atoms with E-state index in [0.717, 1.165) is 44.2 Å². The lowest BCUT2D eigenvalue weighted by atomic mass is 10.1. The molecule has 0 saturated carbocycles. The SMILES string of the molecule is CN=C(NCc1cccc(OC)c1)N1CCOC(C2CCCO2)C1. The van der Waals surface area contributed by atoms with Gasteiger partial charge >= 0.3 is 0 Å². The molecule has 2 heterocycles. The van der Waals surface area contributed by atoms with Gasteiger partial charge in [0, 0.05) is 33.3 Å². The molecule has 2 atom stereocenters. The fourth-order valence-electron chi connectivity index (χ4n) is 3.28. The molecule has 6 heteroatoms. The second-order valence-electron chi connectivity index (χ2n) is 6.16. The molecular formula is C18H27N3O3. The molecule has 2 unspecified atom stereocenters. The summed E-state index contributed by atoms with van der Waals surface area (Å²) in [4.78, 5) is 6.69. The van der Waals surface area contributed by atoms with Gasteiger partial charge in [-0.2, -0.15) is 0 Å². The smallest absolute Gasteiger partial charge is 0.194 e. The molecule has 0 aromatic heterocycles. The number of aliphatic imine (C=N–C) groups is 1. The minimum Gasteiger partial charge on any atom is -0.497 e. The van der Waals surface area contributed by atoms with Crippen molar-refractivity contribution in [3.05, 3.63) is 29.8 Å². The summed E-state index contributed by atoms with van der Waals surface area (Å²) in [7, 11) is 3.51. The van der Waals surface area contributed by atoms with Crippen LogP contribution in [0.4, 0.5) is 0 Å². The monoisotopic (exact) mass is 333 g/mol. The molecule has 0 spiro atoms. The first kappa shape index (κ1) is 17.0. The lowest BCUT2D eigenvalue weighted by Gasteiger charge is -2.37. The number of morpholine rings is 1. The van der Waals surface area contributed by atoms with E-state index in [1.165, 1.54) is 5.56 Å². The Kier molecular flexibility index (Phi) is 5.93. The highest BCUT2D eigenvalue weighted by Gasteiger charge is 2.32. The first-order valence-electron chi connectivity index (χ1n) is 8.62. The number of nitrogens with zero attached hydrogens (tertiary/aromatic N) is 2. The zero-order valence-corrected chi connectivity index (χ0v) is 14.5. The van der Waals surface area contributed by atoms with Crippen molar-refractivity contribution in [1.82, 2.24) is 10.2 Å². The van der Waals surface area contributed by atoms with Crippen LogP contribution in [0, 0.1) is 0 Å². The van der Waals surface area contributed by atoms with E-state index < -0.39 is 0 Å². The first-order chi connectivity index (χ1) is 11.8. The summed E-state index contributed by atoms with van der Waals surface area (Å²) in [6, 6.07) is 8.07. The van der Waals surface area contributed by atoms with E-state index in [1.807, 2.05) is 25.2 Å². The van der Waals surface area contributed by atoms with E-state index in [-0.39, 0.29) is 12.2 Å². The number of nitrogens with one attached hydrogen (secondary N) is 1. The Morgan fingerprint density at radius 3 is 2.96 bits per heavy atom. The Morgan fingerprint density at radius 2 is 2.21 bits per heavy atom. The van der Waals surface area contributed by atoms with Crippen molar-refractivity contribution in [2.75, 3.05) is 40.5 Å². The van der Waals surface area contributed by atoms with Gasteiger partial charge in [-0.25, -0.2) is 0 Å². The number of rotatable bonds is 4. The summed E-state index contributed by atoms with van der Waals surface area (Å²) in [5.74, 6) is 1.78. The third-order valence-electron chi connectivity index (χ3n) is 4.57. The van der Waals surface area contributed by atoms with E-state index in [0.29, 0.717) is 13.2 Å². The van der Waals surface area contributed by atoms with Crippen LogP contribution in [0.25, 0.3) is 0 Å². The van der Waals surface area contributed by atoms with Crippen LogP contribution in [0.3, 0.4) is 0 Å². The molecule has 0 amide bonds. The van der Waals surface area contributed by atoms with Crippen LogP contribution >= 0.6 is 0 Å². The van der Waals surface area contributed by atoms with Crippen molar-refractivity contribution in [2.45, 2.75) is 31.6 Å². The number of methoxy groups -OCH3 is 1. The summed E-state index contributed by atoms with van der Waals surface area (Å²) in [5.41, 5.74) is 1.17. The second-order valence-corrected chi connectivity index (χ2v) is 6.16. The maximum Gasteiger partial charge on any atom is 0.194 e. The molecule has 2 aliphatic heterocycles. The average Bonchev–Trinajstić information content (AvgIpc) is 3.17. The quantitative estimate of drug-likeness (QED) is 0.671. The van der Waals surface area contributed by atoms with Gasteiger partial charge in [0.25, 0.3) is 0 Å². The first-order valence-corrected chi connectivity index (χ1v) is 8.62. The van der Waals surface area contributed by atoms with Gasteiger partial charge in [0.2, 0.25) is 0 Å². The van der Waals surface area contributed by atoms with Crippen molar-refractivity contribution in [3.63, 3.8) is 0 Å². The Hall–Kier alpha value is -1.79. The van der Waals surface area contributed by atoms with E-state index in [2.05, 4.69) is 21.3 Å². The standard InChI is InChI=1S/C18H27N3O3/c1-19-18(20-12-14-5-3-6-15(11-14)22-2)21-8-10-24-17(13-21)16-7-4-9-23-16/h3,5-6,11,16-17H,4,7-10,12-13H2,1-2H3,(H,19,20). The molecule has 1 aromatic carbocycles.